The van der Waals surface area contributed by atoms with Gasteiger partial charge in [0.15, 0.2) is 0 Å². The number of thiophene rings is 1. The van der Waals surface area contributed by atoms with Crippen molar-refractivity contribution in [1.82, 2.24) is 10.3 Å². The minimum absolute atomic E-state index is 0.204. The number of nitrogen functional groups attached to an aromatic ring is 1. The Bertz CT molecular complexity index is 324. The first-order chi connectivity index (χ1) is 7.19. The van der Waals surface area contributed by atoms with Crippen LogP contribution in [0.5, 0.6) is 0 Å². The number of rotatable bonds is 5. The molecule has 0 saturated heterocycles. The van der Waals surface area contributed by atoms with Gasteiger partial charge in [-0.25, -0.2) is 5.84 Å². The van der Waals surface area contributed by atoms with Crippen LogP contribution in [-0.4, -0.2) is 24.4 Å². The van der Waals surface area contributed by atoms with Crippen molar-refractivity contribution in [2.45, 2.75) is 19.9 Å². The lowest BCUT2D eigenvalue weighted by Gasteiger charge is -2.15. The van der Waals surface area contributed by atoms with Gasteiger partial charge in [0, 0.05) is 6.54 Å². The number of nitrogens with zero attached hydrogens (tertiary/aromatic N) is 1. The van der Waals surface area contributed by atoms with Gasteiger partial charge in [0.2, 0.25) is 0 Å². The van der Waals surface area contributed by atoms with Gasteiger partial charge in [-0.05, 0) is 37.0 Å². The summed E-state index contributed by atoms with van der Waals surface area (Å²) in [6.07, 6.45) is 1.11. The summed E-state index contributed by atoms with van der Waals surface area (Å²) in [5.41, 5.74) is 3.21. The zero-order valence-corrected chi connectivity index (χ0v) is 9.93. The van der Waals surface area contributed by atoms with Crippen LogP contribution in [0.3, 0.4) is 0 Å². The van der Waals surface area contributed by atoms with E-state index in [0.29, 0.717) is 4.88 Å². The van der Waals surface area contributed by atoms with Crippen LogP contribution in [0.1, 0.15) is 28.6 Å². The van der Waals surface area contributed by atoms with Gasteiger partial charge in [-0.2, -0.15) is 0 Å². The van der Waals surface area contributed by atoms with Crippen LogP contribution in [0.2, 0.25) is 0 Å². The molecule has 5 heteroatoms. The average Bonchev–Trinajstić information content (AvgIpc) is 2.65. The Hall–Kier alpha value is -0.910. The van der Waals surface area contributed by atoms with E-state index in [2.05, 4.69) is 17.2 Å². The number of hydrogen-bond donors (Lipinski definition) is 2. The number of amides is 1. The lowest BCUT2D eigenvalue weighted by Crippen LogP contribution is -2.30. The van der Waals surface area contributed by atoms with Crippen LogP contribution < -0.4 is 11.3 Å². The Morgan fingerprint density at radius 3 is 3.00 bits per heavy atom. The quantitative estimate of drug-likeness (QED) is 0.451. The predicted molar refractivity (Wildman–Crippen MR) is 62.6 cm³/mol. The molecule has 0 aliphatic carbocycles. The van der Waals surface area contributed by atoms with E-state index >= 15 is 0 Å². The van der Waals surface area contributed by atoms with Crippen molar-refractivity contribution in [2.75, 3.05) is 13.6 Å². The molecule has 15 heavy (non-hydrogen) atoms. The molecule has 0 saturated carbocycles. The van der Waals surface area contributed by atoms with E-state index in [0.717, 1.165) is 25.1 Å². The number of nitrogens with one attached hydrogen (secondary N) is 1. The van der Waals surface area contributed by atoms with Crippen LogP contribution >= 0.6 is 11.3 Å². The van der Waals surface area contributed by atoms with E-state index in [1.165, 1.54) is 11.3 Å². The fraction of sp³-hybridized carbons (Fsp3) is 0.500. The molecule has 0 aliphatic heterocycles. The summed E-state index contributed by atoms with van der Waals surface area (Å²) < 4.78 is 0. The minimum Gasteiger partial charge on any atom is -0.302 e. The molecule has 0 radical (unpaired) electrons. The molecule has 1 aromatic rings. The van der Waals surface area contributed by atoms with Crippen LogP contribution in [0.15, 0.2) is 11.4 Å². The van der Waals surface area contributed by atoms with Crippen LogP contribution in [0, 0.1) is 0 Å². The largest absolute Gasteiger partial charge is 0.302 e. The third-order valence-electron chi connectivity index (χ3n) is 2.13. The van der Waals surface area contributed by atoms with E-state index in [1.54, 1.807) is 0 Å². The molecule has 3 N–H and O–H groups in total. The van der Waals surface area contributed by atoms with Gasteiger partial charge in [-0.1, -0.05) is 6.92 Å². The smallest absolute Gasteiger partial charge is 0.275 e. The van der Waals surface area contributed by atoms with Gasteiger partial charge in [0.05, 0.1) is 4.88 Å². The van der Waals surface area contributed by atoms with Crippen molar-refractivity contribution in [1.29, 1.82) is 0 Å². The second-order valence-electron chi connectivity index (χ2n) is 3.49. The molecule has 0 atom stereocenters. The van der Waals surface area contributed by atoms with Gasteiger partial charge in [0.25, 0.3) is 5.91 Å². The first kappa shape index (κ1) is 12.2. The molecule has 84 valence electrons. The van der Waals surface area contributed by atoms with Crippen LogP contribution in [0.4, 0.5) is 0 Å². The van der Waals surface area contributed by atoms with E-state index < -0.39 is 0 Å². The second-order valence-corrected chi connectivity index (χ2v) is 4.40. The fourth-order valence-electron chi connectivity index (χ4n) is 1.48. The van der Waals surface area contributed by atoms with Crippen LogP contribution in [0.25, 0.3) is 0 Å². The molecule has 1 amide bonds. The Morgan fingerprint density at radius 1 is 1.67 bits per heavy atom. The average molecular weight is 227 g/mol. The van der Waals surface area contributed by atoms with Crippen molar-refractivity contribution in [3.05, 3.63) is 21.9 Å². The second kappa shape index (κ2) is 5.85. The highest BCUT2D eigenvalue weighted by molar-refractivity contribution is 7.12. The van der Waals surface area contributed by atoms with Gasteiger partial charge in [-0.3, -0.25) is 10.2 Å². The maximum absolute atomic E-state index is 11.4. The SMILES string of the molecule is CCCN(C)Cc1ccsc1C(=O)NN. The van der Waals surface area contributed by atoms with Crippen molar-refractivity contribution in [3.63, 3.8) is 0 Å². The summed E-state index contributed by atoms with van der Waals surface area (Å²) in [5, 5.41) is 1.92. The van der Waals surface area contributed by atoms with Crippen molar-refractivity contribution in [3.8, 4) is 0 Å². The fourth-order valence-corrected chi connectivity index (χ4v) is 2.29. The van der Waals surface area contributed by atoms with Gasteiger partial charge in [0.1, 0.15) is 0 Å². The number of nitrogens with two attached hydrogens (primary N) is 1. The molecule has 1 aromatic heterocycles. The third-order valence-corrected chi connectivity index (χ3v) is 3.09. The Balaban J connectivity index is 2.68. The van der Waals surface area contributed by atoms with Crippen LogP contribution in [-0.2, 0) is 6.54 Å². The maximum atomic E-state index is 11.4. The normalized spacial score (nSPS) is 10.7. The summed E-state index contributed by atoms with van der Waals surface area (Å²) >= 11 is 1.42. The first-order valence-corrected chi connectivity index (χ1v) is 5.82. The van der Waals surface area contributed by atoms with E-state index in [1.807, 2.05) is 18.5 Å². The predicted octanol–water partition coefficient (Wildman–Crippen LogP) is 1.19. The van der Waals surface area contributed by atoms with Crippen molar-refractivity contribution >= 4 is 17.2 Å². The molecule has 1 heterocycles. The molecule has 4 nitrogen and oxygen atoms in total. The Kier molecular flexibility index (Phi) is 4.74. The first-order valence-electron chi connectivity index (χ1n) is 4.94. The van der Waals surface area contributed by atoms with E-state index in [9.17, 15) is 4.79 Å². The lowest BCUT2D eigenvalue weighted by atomic mass is 10.2. The summed E-state index contributed by atoms with van der Waals surface area (Å²) in [6.45, 7) is 3.96. The number of hydrazine groups is 1. The number of hydrogen-bond acceptors (Lipinski definition) is 4. The van der Waals surface area contributed by atoms with Crippen molar-refractivity contribution in [2.24, 2.45) is 5.84 Å². The van der Waals surface area contributed by atoms with E-state index in [-0.39, 0.29) is 5.91 Å². The highest BCUT2D eigenvalue weighted by Gasteiger charge is 2.12. The summed E-state index contributed by atoms with van der Waals surface area (Å²) in [7, 11) is 2.05. The molecular weight excluding hydrogens is 210 g/mol. The third kappa shape index (κ3) is 3.30. The maximum Gasteiger partial charge on any atom is 0.275 e. The van der Waals surface area contributed by atoms with Crippen molar-refractivity contribution < 1.29 is 4.79 Å². The minimum atomic E-state index is -0.204. The summed E-state index contributed by atoms with van der Waals surface area (Å²) in [5.74, 6) is 4.91. The zero-order valence-electron chi connectivity index (χ0n) is 9.12. The molecule has 0 unspecified atom stereocenters. The molecule has 1 rings (SSSR count). The molecule has 0 bridgehead atoms. The summed E-state index contributed by atoms with van der Waals surface area (Å²) in [6, 6.07) is 1.97. The number of carbonyl (C=O) groups is 1. The highest BCUT2D eigenvalue weighted by atomic mass is 32.1. The van der Waals surface area contributed by atoms with Gasteiger partial charge in [-0.15, -0.1) is 11.3 Å². The molecule has 0 aliphatic rings. The highest BCUT2D eigenvalue weighted by Crippen LogP contribution is 2.17. The van der Waals surface area contributed by atoms with E-state index in [4.69, 9.17) is 5.84 Å². The van der Waals surface area contributed by atoms with Gasteiger partial charge >= 0.3 is 0 Å². The lowest BCUT2D eigenvalue weighted by molar-refractivity contribution is 0.0956. The number of carbonyl (C=O) groups excluding carboxylic acids is 1. The monoisotopic (exact) mass is 227 g/mol. The molecule has 0 spiro atoms. The standard InChI is InChI=1S/C10H17N3OS/c1-3-5-13(2)7-8-4-6-15-9(8)10(14)12-11/h4,6H,3,5,7,11H2,1-2H3,(H,12,14). The Morgan fingerprint density at radius 2 is 2.40 bits per heavy atom. The van der Waals surface area contributed by atoms with Gasteiger partial charge < -0.3 is 4.90 Å². The zero-order chi connectivity index (χ0) is 11.3. The summed E-state index contributed by atoms with van der Waals surface area (Å²) in [4.78, 5) is 14.3. The molecule has 0 aromatic carbocycles. The molecular formula is C10H17N3OS. The molecule has 0 fully saturated rings. The Labute approximate surface area is 94.0 Å². The topological polar surface area (TPSA) is 58.4 Å².